The van der Waals surface area contributed by atoms with Gasteiger partial charge in [0.2, 0.25) is 0 Å². The molecule has 0 bridgehead atoms. The summed E-state index contributed by atoms with van der Waals surface area (Å²) in [4.78, 5) is 8.72. The lowest BCUT2D eigenvalue weighted by molar-refractivity contribution is 0.561. The highest BCUT2D eigenvalue weighted by atomic mass is 32.1. The first-order valence-electron chi connectivity index (χ1n) is 5.45. The van der Waals surface area contributed by atoms with Crippen LogP contribution in [0.3, 0.4) is 0 Å². The molecule has 0 unspecified atom stereocenters. The molecule has 1 aromatic carbocycles. The average Bonchev–Trinajstić information content (AvgIpc) is 2.93. The molecular formula is C13H9N3OS. The van der Waals surface area contributed by atoms with Crippen molar-refractivity contribution in [3.8, 4) is 16.6 Å². The Kier molecular flexibility index (Phi) is 2.58. The smallest absolute Gasteiger partial charge is 0.192 e. The summed E-state index contributed by atoms with van der Waals surface area (Å²) in [5.41, 5.74) is 3.44. The summed E-state index contributed by atoms with van der Waals surface area (Å²) in [5, 5.41) is 11.5. The molecule has 3 rings (SSSR count). The second-order valence-corrected chi connectivity index (χ2v) is 4.75. The van der Waals surface area contributed by atoms with Crippen LogP contribution in [0.2, 0.25) is 0 Å². The highest BCUT2D eigenvalue weighted by Crippen LogP contribution is 2.27. The minimum Gasteiger partial charge on any atom is -0.441 e. The molecule has 0 radical (unpaired) electrons. The van der Waals surface area contributed by atoms with Crippen LogP contribution in [0.4, 0.5) is 0 Å². The van der Waals surface area contributed by atoms with E-state index in [-0.39, 0.29) is 0 Å². The van der Waals surface area contributed by atoms with Gasteiger partial charge in [-0.3, -0.25) is 0 Å². The molecule has 0 aliphatic rings. The zero-order valence-electron chi connectivity index (χ0n) is 9.67. The van der Waals surface area contributed by atoms with Crippen molar-refractivity contribution < 1.29 is 4.42 Å². The number of oxazole rings is 1. The van der Waals surface area contributed by atoms with E-state index >= 15 is 0 Å². The number of fused-ring (bicyclic) bond motifs is 1. The van der Waals surface area contributed by atoms with Crippen LogP contribution >= 0.6 is 11.3 Å². The van der Waals surface area contributed by atoms with Gasteiger partial charge >= 0.3 is 0 Å². The molecule has 4 nitrogen and oxygen atoms in total. The number of hydrogen-bond donors (Lipinski definition) is 0. The highest BCUT2D eigenvalue weighted by molar-refractivity contribution is 7.13. The maximum Gasteiger partial charge on any atom is 0.192 e. The molecule has 3 aromatic rings. The van der Waals surface area contributed by atoms with Crippen molar-refractivity contribution >= 4 is 22.4 Å². The van der Waals surface area contributed by atoms with Gasteiger partial charge in [0.25, 0.3) is 0 Å². The van der Waals surface area contributed by atoms with Crippen molar-refractivity contribution in [2.75, 3.05) is 0 Å². The van der Waals surface area contributed by atoms with Crippen LogP contribution < -0.4 is 0 Å². The molecule has 0 amide bonds. The molecule has 2 heterocycles. The van der Waals surface area contributed by atoms with E-state index in [1.54, 1.807) is 0 Å². The van der Waals surface area contributed by atoms with Crippen molar-refractivity contribution in [2.45, 2.75) is 13.3 Å². The van der Waals surface area contributed by atoms with Crippen LogP contribution in [0, 0.1) is 18.3 Å². The fourth-order valence-electron chi connectivity index (χ4n) is 1.78. The number of hydrogen-bond acceptors (Lipinski definition) is 5. The molecule has 0 fully saturated rings. The predicted molar refractivity (Wildman–Crippen MR) is 69.2 cm³/mol. The van der Waals surface area contributed by atoms with Gasteiger partial charge in [-0.25, -0.2) is 9.97 Å². The SMILES string of the molecule is Cc1nc2cc(-c3nc(CC#N)cs3)ccc2o1. The van der Waals surface area contributed by atoms with E-state index in [9.17, 15) is 0 Å². The van der Waals surface area contributed by atoms with Gasteiger partial charge in [-0.15, -0.1) is 11.3 Å². The van der Waals surface area contributed by atoms with E-state index < -0.39 is 0 Å². The number of thiazole rings is 1. The Hall–Kier alpha value is -2.19. The predicted octanol–water partition coefficient (Wildman–Crippen LogP) is 3.33. The largest absolute Gasteiger partial charge is 0.441 e. The maximum absolute atomic E-state index is 8.64. The third-order valence-electron chi connectivity index (χ3n) is 2.55. The number of aryl methyl sites for hydroxylation is 1. The van der Waals surface area contributed by atoms with Crippen LogP contribution in [0.5, 0.6) is 0 Å². The third-order valence-corrected chi connectivity index (χ3v) is 3.49. The summed E-state index contributed by atoms with van der Waals surface area (Å²) in [5.74, 6) is 0.659. The minimum absolute atomic E-state index is 0.349. The van der Waals surface area contributed by atoms with Crippen molar-refractivity contribution in [2.24, 2.45) is 0 Å². The Bertz CT molecular complexity index is 751. The fraction of sp³-hybridized carbons (Fsp3) is 0.154. The van der Waals surface area contributed by atoms with Crippen LogP contribution in [0.1, 0.15) is 11.6 Å². The first-order valence-corrected chi connectivity index (χ1v) is 6.33. The van der Waals surface area contributed by atoms with E-state index in [1.165, 1.54) is 11.3 Å². The molecule has 2 aromatic heterocycles. The molecule has 0 aliphatic carbocycles. The molecule has 5 heteroatoms. The Morgan fingerprint density at radius 1 is 1.39 bits per heavy atom. The van der Waals surface area contributed by atoms with Crippen LogP contribution in [0.15, 0.2) is 28.0 Å². The lowest BCUT2D eigenvalue weighted by Crippen LogP contribution is -1.82. The zero-order chi connectivity index (χ0) is 12.5. The second-order valence-electron chi connectivity index (χ2n) is 3.89. The number of rotatable bonds is 2. The molecule has 0 saturated carbocycles. The molecule has 18 heavy (non-hydrogen) atoms. The lowest BCUT2D eigenvalue weighted by Gasteiger charge is -1.94. The van der Waals surface area contributed by atoms with Crippen LogP contribution in [-0.2, 0) is 6.42 Å². The lowest BCUT2D eigenvalue weighted by atomic mass is 10.2. The van der Waals surface area contributed by atoms with Crippen molar-refractivity contribution in [3.63, 3.8) is 0 Å². The summed E-state index contributed by atoms with van der Waals surface area (Å²) >= 11 is 1.54. The van der Waals surface area contributed by atoms with Gasteiger partial charge in [-0.1, -0.05) is 0 Å². The summed E-state index contributed by atoms with van der Waals surface area (Å²) in [6.45, 7) is 1.83. The minimum atomic E-state index is 0.349. The molecule has 0 saturated heterocycles. The first-order chi connectivity index (χ1) is 8.76. The molecule has 0 N–H and O–H groups in total. The quantitative estimate of drug-likeness (QED) is 0.704. The third kappa shape index (κ3) is 1.87. The number of benzene rings is 1. The van der Waals surface area contributed by atoms with E-state index in [0.29, 0.717) is 12.3 Å². The number of nitrogens with zero attached hydrogens (tertiary/aromatic N) is 3. The number of nitriles is 1. The molecule has 88 valence electrons. The Balaban J connectivity index is 2.04. The average molecular weight is 255 g/mol. The summed E-state index contributed by atoms with van der Waals surface area (Å²) in [6, 6.07) is 7.92. The molecule has 0 aliphatic heterocycles. The van der Waals surface area contributed by atoms with Crippen molar-refractivity contribution in [1.29, 1.82) is 5.26 Å². The molecular weight excluding hydrogens is 246 g/mol. The van der Waals surface area contributed by atoms with Crippen LogP contribution in [0.25, 0.3) is 21.7 Å². The van der Waals surface area contributed by atoms with Gasteiger partial charge in [0.05, 0.1) is 18.2 Å². The van der Waals surface area contributed by atoms with Gasteiger partial charge in [0.1, 0.15) is 10.5 Å². The zero-order valence-corrected chi connectivity index (χ0v) is 10.5. The van der Waals surface area contributed by atoms with Gasteiger partial charge < -0.3 is 4.42 Å². The molecule has 0 spiro atoms. The van der Waals surface area contributed by atoms with Crippen LogP contribution in [-0.4, -0.2) is 9.97 Å². The standard InChI is InChI=1S/C13H9N3OS/c1-8-15-11-6-9(2-3-12(11)17-8)13-16-10(4-5-14)7-18-13/h2-3,6-7H,4H2,1H3. The van der Waals surface area contributed by atoms with E-state index in [0.717, 1.165) is 27.4 Å². The van der Waals surface area contributed by atoms with Crippen molar-refractivity contribution in [1.82, 2.24) is 9.97 Å². The fourth-order valence-corrected chi connectivity index (χ4v) is 2.59. The summed E-state index contributed by atoms with van der Waals surface area (Å²) < 4.78 is 5.43. The maximum atomic E-state index is 8.64. The van der Waals surface area contributed by atoms with Gasteiger partial charge in [0.15, 0.2) is 11.5 Å². The second kappa shape index (κ2) is 4.24. The molecule has 0 atom stereocenters. The Morgan fingerprint density at radius 3 is 3.11 bits per heavy atom. The van der Waals surface area contributed by atoms with Gasteiger partial charge in [0, 0.05) is 17.9 Å². The van der Waals surface area contributed by atoms with E-state index in [1.807, 2.05) is 30.5 Å². The monoisotopic (exact) mass is 255 g/mol. The van der Waals surface area contributed by atoms with E-state index in [4.69, 9.17) is 9.68 Å². The summed E-state index contributed by atoms with van der Waals surface area (Å²) in [7, 11) is 0. The Labute approximate surface area is 108 Å². The normalized spacial score (nSPS) is 10.7. The topological polar surface area (TPSA) is 62.7 Å². The van der Waals surface area contributed by atoms with Gasteiger partial charge in [-0.2, -0.15) is 5.26 Å². The van der Waals surface area contributed by atoms with E-state index in [2.05, 4.69) is 16.0 Å². The Morgan fingerprint density at radius 2 is 2.28 bits per heavy atom. The first kappa shape index (κ1) is 10.9. The van der Waals surface area contributed by atoms with Crippen molar-refractivity contribution in [3.05, 3.63) is 35.2 Å². The highest BCUT2D eigenvalue weighted by Gasteiger charge is 2.08. The summed E-state index contributed by atoms with van der Waals surface area (Å²) in [6.07, 6.45) is 0.349. The number of aromatic nitrogens is 2. The van der Waals surface area contributed by atoms with Gasteiger partial charge in [-0.05, 0) is 18.2 Å².